The molecule has 0 unspecified atom stereocenters. The first-order valence-electron chi connectivity index (χ1n) is 11.9. The highest BCUT2D eigenvalue weighted by Gasteiger charge is 2.27. The van der Waals surface area contributed by atoms with Gasteiger partial charge in [0.1, 0.15) is 5.69 Å². The topological polar surface area (TPSA) is 79.6 Å². The van der Waals surface area contributed by atoms with E-state index < -0.39 is 4.92 Å². The first kappa shape index (κ1) is 24.2. The van der Waals surface area contributed by atoms with Gasteiger partial charge >= 0.3 is 0 Å². The fourth-order valence-corrected chi connectivity index (χ4v) is 6.03. The van der Waals surface area contributed by atoms with Gasteiger partial charge in [-0.15, -0.1) is 0 Å². The van der Waals surface area contributed by atoms with Crippen molar-refractivity contribution in [3.05, 3.63) is 92.5 Å². The number of piperidine rings is 1. The van der Waals surface area contributed by atoms with E-state index in [1.54, 1.807) is 17.0 Å². The number of anilines is 2. The summed E-state index contributed by atoms with van der Waals surface area (Å²) < 4.78 is 0.882. The summed E-state index contributed by atoms with van der Waals surface area (Å²) in [5, 5.41) is 13.1. The second-order valence-electron chi connectivity index (χ2n) is 8.95. The zero-order valence-electron chi connectivity index (χ0n) is 19.8. The molecule has 1 aromatic heterocycles. The molecule has 2 heterocycles. The molecule has 36 heavy (non-hydrogen) atoms. The van der Waals surface area contributed by atoms with Crippen LogP contribution in [0.15, 0.2) is 60.7 Å². The number of nitro groups is 1. The first-order valence-corrected chi connectivity index (χ1v) is 13.1. The molecule has 1 saturated heterocycles. The number of hydrogen-bond donors (Lipinski definition) is 0. The first-order chi connectivity index (χ1) is 17.4. The number of aromatic nitrogens is 1. The molecule has 9 heteroatoms. The zero-order chi connectivity index (χ0) is 25.2. The number of thiazole rings is 1. The fourth-order valence-electron chi connectivity index (χ4n) is 4.61. The van der Waals surface area contributed by atoms with Gasteiger partial charge < -0.3 is 4.90 Å². The lowest BCUT2D eigenvalue weighted by Gasteiger charge is -2.28. The number of fused-ring (bicyclic) bond motifs is 1. The Labute approximate surface area is 218 Å². The number of hydrogen-bond acceptors (Lipinski definition) is 6. The number of rotatable bonds is 6. The monoisotopic (exact) mass is 520 g/mol. The zero-order valence-corrected chi connectivity index (χ0v) is 21.4. The normalized spacial score (nSPS) is 13.7. The molecule has 0 saturated carbocycles. The van der Waals surface area contributed by atoms with Crippen molar-refractivity contribution in [3.8, 4) is 0 Å². The highest BCUT2D eigenvalue weighted by Crippen LogP contribution is 2.36. The molecule has 4 aromatic rings. The van der Waals surface area contributed by atoms with Crippen LogP contribution < -0.4 is 9.80 Å². The molecular weight excluding hydrogens is 496 g/mol. The Morgan fingerprint density at radius 2 is 1.86 bits per heavy atom. The molecule has 3 aromatic carbocycles. The van der Waals surface area contributed by atoms with Gasteiger partial charge in [-0.3, -0.25) is 19.8 Å². The van der Waals surface area contributed by atoms with Crippen LogP contribution in [0, 0.1) is 17.0 Å². The van der Waals surface area contributed by atoms with Crippen molar-refractivity contribution in [1.82, 2.24) is 4.98 Å². The van der Waals surface area contributed by atoms with Crippen molar-refractivity contribution in [2.75, 3.05) is 22.9 Å². The van der Waals surface area contributed by atoms with Crippen LogP contribution in [0.2, 0.25) is 5.02 Å². The van der Waals surface area contributed by atoms with Crippen molar-refractivity contribution < 1.29 is 9.72 Å². The molecule has 0 radical (unpaired) electrons. The smallest absolute Gasteiger partial charge is 0.293 e. The molecule has 1 amide bonds. The summed E-state index contributed by atoms with van der Waals surface area (Å²) in [6.45, 7) is 3.78. The van der Waals surface area contributed by atoms with E-state index >= 15 is 0 Å². The Morgan fingerprint density at radius 3 is 2.58 bits per heavy atom. The van der Waals surface area contributed by atoms with Gasteiger partial charge in [-0.2, -0.15) is 0 Å². The van der Waals surface area contributed by atoms with Gasteiger partial charge in [0.2, 0.25) is 0 Å². The fraction of sp³-hybridized carbons (Fsp3) is 0.259. The minimum Gasteiger partial charge on any atom is -0.366 e. The number of nitro benzene ring substituents is 1. The predicted octanol–water partition coefficient (Wildman–Crippen LogP) is 7.00. The highest BCUT2D eigenvalue weighted by atomic mass is 35.5. The number of amides is 1. The Hall–Kier alpha value is -3.49. The molecule has 0 bridgehead atoms. The number of benzene rings is 3. The maximum atomic E-state index is 13.9. The van der Waals surface area contributed by atoms with Gasteiger partial charge in [0, 0.05) is 29.7 Å². The van der Waals surface area contributed by atoms with Crippen LogP contribution >= 0.6 is 22.9 Å². The van der Waals surface area contributed by atoms with E-state index in [-0.39, 0.29) is 23.7 Å². The summed E-state index contributed by atoms with van der Waals surface area (Å²) in [5.74, 6) is -0.338. The summed E-state index contributed by atoms with van der Waals surface area (Å²) in [6.07, 6.45) is 3.13. The average molecular weight is 521 g/mol. The third-order valence-electron chi connectivity index (χ3n) is 6.41. The summed E-state index contributed by atoms with van der Waals surface area (Å²) in [4.78, 5) is 33.9. The van der Waals surface area contributed by atoms with Gasteiger partial charge in [0.05, 0.1) is 21.7 Å². The molecule has 0 atom stereocenters. The molecular formula is C27H25ClN4O3S. The Bertz CT molecular complexity index is 1430. The largest absolute Gasteiger partial charge is 0.366 e. The molecule has 7 nitrogen and oxygen atoms in total. The van der Waals surface area contributed by atoms with E-state index in [0.29, 0.717) is 15.8 Å². The third kappa shape index (κ3) is 4.92. The summed E-state index contributed by atoms with van der Waals surface area (Å²) in [7, 11) is 0. The van der Waals surface area contributed by atoms with Crippen molar-refractivity contribution in [2.45, 2.75) is 32.7 Å². The highest BCUT2D eigenvalue weighted by molar-refractivity contribution is 7.22. The van der Waals surface area contributed by atoms with Crippen molar-refractivity contribution in [1.29, 1.82) is 0 Å². The van der Waals surface area contributed by atoms with Crippen LogP contribution in [0.4, 0.5) is 16.5 Å². The van der Waals surface area contributed by atoms with Crippen LogP contribution in [-0.4, -0.2) is 28.9 Å². The van der Waals surface area contributed by atoms with Crippen molar-refractivity contribution in [3.63, 3.8) is 0 Å². The SMILES string of the molecule is Cc1cc(Cl)cc2sc(N(Cc3ccccc3)C(=O)c3ccc(N4CCCCC4)c([N+](=O)[O-])c3)nc12. The second kappa shape index (κ2) is 10.2. The third-order valence-corrected chi connectivity index (χ3v) is 7.66. The second-order valence-corrected chi connectivity index (χ2v) is 10.4. The van der Waals surface area contributed by atoms with E-state index in [1.165, 1.54) is 17.4 Å². The number of nitrogens with zero attached hydrogens (tertiary/aromatic N) is 4. The quantitative estimate of drug-likeness (QED) is 0.202. The summed E-state index contributed by atoms with van der Waals surface area (Å²) in [6, 6.07) is 18.1. The van der Waals surface area contributed by atoms with Crippen LogP contribution in [0.25, 0.3) is 10.2 Å². The lowest BCUT2D eigenvalue weighted by Crippen LogP contribution is -2.31. The summed E-state index contributed by atoms with van der Waals surface area (Å²) >= 11 is 7.64. The molecule has 0 aliphatic carbocycles. The van der Waals surface area contributed by atoms with Crippen LogP contribution in [0.5, 0.6) is 0 Å². The number of aryl methyl sites for hydroxylation is 1. The maximum absolute atomic E-state index is 13.9. The molecule has 0 spiro atoms. The Kier molecular flexibility index (Phi) is 6.89. The minimum atomic E-state index is -0.398. The van der Waals surface area contributed by atoms with Gasteiger partial charge in [-0.05, 0) is 61.6 Å². The lowest BCUT2D eigenvalue weighted by atomic mass is 10.1. The number of halogens is 1. The predicted molar refractivity (Wildman–Crippen MR) is 145 cm³/mol. The Balaban J connectivity index is 1.56. The summed E-state index contributed by atoms with van der Waals surface area (Å²) in [5.41, 5.74) is 3.42. The maximum Gasteiger partial charge on any atom is 0.293 e. The van der Waals surface area contributed by atoms with E-state index in [1.807, 2.05) is 54.3 Å². The van der Waals surface area contributed by atoms with E-state index in [4.69, 9.17) is 16.6 Å². The van der Waals surface area contributed by atoms with Gasteiger partial charge in [0.25, 0.3) is 11.6 Å². The van der Waals surface area contributed by atoms with Crippen LogP contribution in [-0.2, 0) is 6.54 Å². The number of carbonyl (C=O) groups is 1. The molecule has 1 fully saturated rings. The molecule has 1 aliphatic rings. The van der Waals surface area contributed by atoms with Crippen molar-refractivity contribution >= 4 is 55.6 Å². The Morgan fingerprint density at radius 1 is 1.11 bits per heavy atom. The molecule has 184 valence electrons. The van der Waals surface area contributed by atoms with Crippen molar-refractivity contribution in [2.24, 2.45) is 0 Å². The van der Waals surface area contributed by atoms with Gasteiger partial charge in [0.15, 0.2) is 5.13 Å². The molecule has 0 N–H and O–H groups in total. The molecule has 1 aliphatic heterocycles. The lowest BCUT2D eigenvalue weighted by molar-refractivity contribution is -0.384. The standard InChI is InChI=1S/C27H25ClN4O3S/c1-18-14-21(28)16-24-25(18)29-27(36-24)31(17-19-8-4-2-5-9-19)26(33)20-10-11-22(23(15-20)32(34)35)30-12-6-3-7-13-30/h2,4-5,8-11,14-16H,3,6-7,12-13,17H2,1H3. The van der Waals surface area contributed by atoms with Gasteiger partial charge in [-0.25, -0.2) is 4.98 Å². The van der Waals surface area contributed by atoms with Crippen LogP contribution in [0.3, 0.4) is 0 Å². The van der Waals surface area contributed by atoms with E-state index in [9.17, 15) is 14.9 Å². The number of carbonyl (C=O) groups excluding carboxylic acids is 1. The van der Waals surface area contributed by atoms with Crippen LogP contribution in [0.1, 0.15) is 40.7 Å². The average Bonchev–Trinajstić information content (AvgIpc) is 3.32. The molecule has 5 rings (SSSR count). The minimum absolute atomic E-state index is 0.0469. The van der Waals surface area contributed by atoms with E-state index in [0.717, 1.165) is 53.7 Å². The van der Waals surface area contributed by atoms with Gasteiger partial charge in [-0.1, -0.05) is 53.3 Å². The van der Waals surface area contributed by atoms with E-state index in [2.05, 4.69) is 0 Å².